The van der Waals surface area contributed by atoms with Gasteiger partial charge in [-0.15, -0.1) is 0 Å². The molecule has 0 saturated carbocycles. The summed E-state index contributed by atoms with van der Waals surface area (Å²) in [4.78, 5) is 10.6. The lowest BCUT2D eigenvalue weighted by atomic mass is 10.1. The minimum absolute atomic E-state index is 0.398. The normalized spacial score (nSPS) is 10.8. The van der Waals surface area contributed by atoms with E-state index in [2.05, 4.69) is 0 Å². The van der Waals surface area contributed by atoms with E-state index in [9.17, 15) is 9.90 Å². The van der Waals surface area contributed by atoms with Gasteiger partial charge in [0.1, 0.15) is 18.4 Å². The number of ether oxygens (including phenoxy) is 1. The van der Waals surface area contributed by atoms with Crippen molar-refractivity contribution in [3.05, 3.63) is 70.3 Å². The fourth-order valence-electron chi connectivity index (χ4n) is 1.71. The predicted octanol–water partition coefficient (Wildman–Crippen LogP) is 2.58. The number of carbonyl (C=O) groups is 1. The molecule has 0 aromatic heterocycles. The van der Waals surface area contributed by atoms with Crippen molar-refractivity contribution < 1.29 is 14.6 Å². The fraction of sp³-hybridized carbons (Fsp3) is 0.0588. The van der Waals surface area contributed by atoms with E-state index in [1.165, 1.54) is 6.08 Å². The molecule has 0 amide bonds. The first-order chi connectivity index (χ1) is 10.6. The SMILES string of the molecule is N#C/C(=C\c1ccc(OCc2ccc(Cl)cc2)cc1)C(=O)[O-]. The summed E-state index contributed by atoms with van der Waals surface area (Å²) in [5.74, 6) is -0.857. The molecule has 0 aliphatic rings. The molecule has 2 aromatic rings. The van der Waals surface area contributed by atoms with Crippen LogP contribution >= 0.6 is 11.6 Å². The van der Waals surface area contributed by atoms with Gasteiger partial charge >= 0.3 is 0 Å². The second kappa shape index (κ2) is 7.30. The molecule has 0 aliphatic heterocycles. The van der Waals surface area contributed by atoms with Crippen LogP contribution in [0.1, 0.15) is 11.1 Å². The smallest absolute Gasteiger partial charge is 0.119 e. The Morgan fingerprint density at radius 3 is 2.36 bits per heavy atom. The van der Waals surface area contributed by atoms with Crippen LogP contribution in [0.2, 0.25) is 5.02 Å². The molecule has 0 bridgehead atoms. The number of nitriles is 1. The molecule has 0 radical (unpaired) electrons. The third kappa shape index (κ3) is 4.37. The number of aliphatic carboxylic acids is 1. The van der Waals surface area contributed by atoms with Crippen LogP contribution in [0.25, 0.3) is 6.08 Å². The molecule has 5 heteroatoms. The van der Waals surface area contributed by atoms with Gasteiger partial charge in [0, 0.05) is 5.02 Å². The standard InChI is InChI=1S/C17H12ClNO3/c18-15-5-1-13(2-6-15)11-22-16-7-3-12(4-8-16)9-14(10-19)17(20)21/h1-9H,11H2,(H,20,21)/p-1/b14-9+. The largest absolute Gasteiger partial charge is 0.544 e. The second-order valence-electron chi connectivity index (χ2n) is 4.44. The Morgan fingerprint density at radius 2 is 1.82 bits per heavy atom. The Kier molecular flexibility index (Phi) is 5.18. The maximum Gasteiger partial charge on any atom is 0.119 e. The van der Waals surface area contributed by atoms with E-state index in [4.69, 9.17) is 21.6 Å². The average molecular weight is 313 g/mol. The van der Waals surface area contributed by atoms with Gasteiger partial charge in [-0.25, -0.2) is 0 Å². The first-order valence-electron chi connectivity index (χ1n) is 6.39. The Hall–Kier alpha value is -2.77. The van der Waals surface area contributed by atoms with Crippen LogP contribution in [-0.4, -0.2) is 5.97 Å². The van der Waals surface area contributed by atoms with Crippen molar-refractivity contribution in [1.82, 2.24) is 0 Å². The number of hydrogen-bond acceptors (Lipinski definition) is 4. The van der Waals surface area contributed by atoms with Crippen molar-refractivity contribution in [2.24, 2.45) is 0 Å². The molecule has 0 aliphatic carbocycles. The average Bonchev–Trinajstić information content (AvgIpc) is 2.53. The molecule has 0 unspecified atom stereocenters. The Bertz CT molecular complexity index is 728. The molecule has 22 heavy (non-hydrogen) atoms. The van der Waals surface area contributed by atoms with Gasteiger partial charge in [0.05, 0.1) is 11.5 Å². The molecule has 0 fully saturated rings. The van der Waals surface area contributed by atoms with Gasteiger partial charge < -0.3 is 14.6 Å². The maximum absolute atomic E-state index is 10.6. The quantitative estimate of drug-likeness (QED) is 0.628. The molecule has 2 rings (SSSR count). The highest BCUT2D eigenvalue weighted by Gasteiger charge is 1.99. The lowest BCUT2D eigenvalue weighted by Gasteiger charge is -2.07. The van der Waals surface area contributed by atoms with Gasteiger partial charge in [-0.3, -0.25) is 0 Å². The summed E-state index contributed by atoms with van der Waals surface area (Å²) < 4.78 is 5.61. The minimum Gasteiger partial charge on any atom is -0.544 e. The lowest BCUT2D eigenvalue weighted by Crippen LogP contribution is -2.23. The summed E-state index contributed by atoms with van der Waals surface area (Å²) in [6.45, 7) is 0.398. The molecule has 0 saturated heterocycles. The van der Waals surface area contributed by atoms with Crippen molar-refractivity contribution in [1.29, 1.82) is 5.26 Å². The second-order valence-corrected chi connectivity index (χ2v) is 4.88. The number of halogens is 1. The van der Waals surface area contributed by atoms with E-state index >= 15 is 0 Å². The molecule has 0 heterocycles. The number of nitrogens with zero attached hydrogens (tertiary/aromatic N) is 1. The zero-order valence-corrected chi connectivity index (χ0v) is 12.2. The van der Waals surface area contributed by atoms with E-state index in [0.29, 0.717) is 22.9 Å². The molecule has 0 atom stereocenters. The van der Waals surface area contributed by atoms with E-state index in [0.717, 1.165) is 5.56 Å². The summed E-state index contributed by atoms with van der Waals surface area (Å²) in [7, 11) is 0. The summed E-state index contributed by atoms with van der Waals surface area (Å²) in [5, 5.41) is 20.0. The minimum atomic E-state index is -1.49. The Labute approximate surface area is 132 Å². The lowest BCUT2D eigenvalue weighted by molar-refractivity contribution is -0.298. The summed E-state index contributed by atoms with van der Waals surface area (Å²) in [5.41, 5.74) is 1.14. The monoisotopic (exact) mass is 312 g/mol. The van der Waals surface area contributed by atoms with Crippen molar-refractivity contribution in [3.8, 4) is 11.8 Å². The summed E-state index contributed by atoms with van der Waals surface area (Å²) in [6.07, 6.45) is 1.25. The van der Waals surface area contributed by atoms with Crippen LogP contribution in [0.5, 0.6) is 5.75 Å². The van der Waals surface area contributed by atoms with Crippen LogP contribution in [0.4, 0.5) is 0 Å². The fourth-order valence-corrected chi connectivity index (χ4v) is 1.84. The number of hydrogen-bond donors (Lipinski definition) is 0. The number of rotatable bonds is 5. The van der Waals surface area contributed by atoms with Crippen LogP contribution in [0.15, 0.2) is 54.1 Å². The van der Waals surface area contributed by atoms with Crippen molar-refractivity contribution in [2.45, 2.75) is 6.61 Å². The third-order valence-electron chi connectivity index (χ3n) is 2.85. The molecular weight excluding hydrogens is 302 g/mol. The number of carboxylic acids is 1. The predicted molar refractivity (Wildman–Crippen MR) is 80.8 cm³/mol. The zero-order chi connectivity index (χ0) is 15.9. The van der Waals surface area contributed by atoms with Crippen molar-refractivity contribution in [2.75, 3.05) is 0 Å². The van der Waals surface area contributed by atoms with E-state index in [1.54, 1.807) is 42.5 Å². The topological polar surface area (TPSA) is 73.1 Å². The molecule has 2 aromatic carbocycles. The van der Waals surface area contributed by atoms with Gasteiger partial charge in [-0.1, -0.05) is 35.9 Å². The van der Waals surface area contributed by atoms with E-state index in [-0.39, 0.29) is 0 Å². The third-order valence-corrected chi connectivity index (χ3v) is 3.10. The van der Waals surface area contributed by atoms with Crippen LogP contribution in [0.3, 0.4) is 0 Å². The molecule has 4 nitrogen and oxygen atoms in total. The molecule has 110 valence electrons. The molecular formula is C17H11ClNO3-. The van der Waals surface area contributed by atoms with E-state index in [1.807, 2.05) is 12.1 Å². The molecule has 0 spiro atoms. The van der Waals surface area contributed by atoms with Crippen molar-refractivity contribution >= 4 is 23.6 Å². The highest BCUT2D eigenvalue weighted by Crippen LogP contribution is 2.17. The number of carbonyl (C=O) groups excluding carboxylic acids is 1. The Balaban J connectivity index is 2.02. The molecule has 0 N–H and O–H groups in total. The first-order valence-corrected chi connectivity index (χ1v) is 6.77. The Morgan fingerprint density at radius 1 is 1.18 bits per heavy atom. The summed E-state index contributed by atoms with van der Waals surface area (Å²) in [6, 6.07) is 15.6. The zero-order valence-electron chi connectivity index (χ0n) is 11.5. The van der Waals surface area contributed by atoms with Crippen LogP contribution in [0, 0.1) is 11.3 Å². The van der Waals surface area contributed by atoms with Crippen LogP contribution in [-0.2, 0) is 11.4 Å². The van der Waals surface area contributed by atoms with Gasteiger partial charge in [0.25, 0.3) is 0 Å². The maximum atomic E-state index is 10.6. The number of benzene rings is 2. The van der Waals surface area contributed by atoms with Gasteiger partial charge in [0.15, 0.2) is 0 Å². The number of carboxylic acid groups (broad SMARTS) is 1. The summed E-state index contributed by atoms with van der Waals surface area (Å²) >= 11 is 5.81. The highest BCUT2D eigenvalue weighted by atomic mass is 35.5. The van der Waals surface area contributed by atoms with Gasteiger partial charge in [-0.05, 0) is 41.5 Å². The highest BCUT2D eigenvalue weighted by molar-refractivity contribution is 6.30. The van der Waals surface area contributed by atoms with Gasteiger partial charge in [-0.2, -0.15) is 5.26 Å². The van der Waals surface area contributed by atoms with Gasteiger partial charge in [0.2, 0.25) is 0 Å². The first kappa shape index (κ1) is 15.6. The van der Waals surface area contributed by atoms with E-state index < -0.39 is 11.5 Å². The van der Waals surface area contributed by atoms with Crippen LogP contribution < -0.4 is 9.84 Å². The van der Waals surface area contributed by atoms with Crippen molar-refractivity contribution in [3.63, 3.8) is 0 Å².